The number of carbonyl (C=O) groups excluding carboxylic acids is 1. The molecule has 2 amide bonds. The Kier molecular flexibility index (Phi) is 3.98. The van der Waals surface area contributed by atoms with Gasteiger partial charge in [-0.3, -0.25) is 5.32 Å². The summed E-state index contributed by atoms with van der Waals surface area (Å²) >= 11 is 0. The van der Waals surface area contributed by atoms with Gasteiger partial charge in [-0.05, 0) is 24.5 Å². The highest BCUT2D eigenvalue weighted by molar-refractivity contribution is 5.86. The van der Waals surface area contributed by atoms with Crippen LogP contribution >= 0.6 is 0 Å². The first-order valence-electron chi connectivity index (χ1n) is 4.50. The Morgan fingerprint density at radius 3 is 2.67 bits per heavy atom. The summed E-state index contributed by atoms with van der Waals surface area (Å²) in [7, 11) is 5.61. The molecule has 0 bridgehead atoms. The summed E-state index contributed by atoms with van der Waals surface area (Å²) in [6.07, 6.45) is 0. The first kappa shape index (κ1) is 11.4. The molecule has 2 N–H and O–H groups in total. The first-order valence-corrected chi connectivity index (χ1v) is 4.50. The molecular formula is C7H15N7O. The zero-order valence-electron chi connectivity index (χ0n) is 9.06. The Hall–Kier alpha value is -1.70. The van der Waals surface area contributed by atoms with Gasteiger partial charge in [-0.2, -0.15) is 0 Å². The minimum atomic E-state index is -0.240. The van der Waals surface area contributed by atoms with Gasteiger partial charge in [0.25, 0.3) is 0 Å². The van der Waals surface area contributed by atoms with Gasteiger partial charge in [0.05, 0.1) is 0 Å². The molecular weight excluding hydrogens is 198 g/mol. The van der Waals surface area contributed by atoms with Crippen LogP contribution in [0.5, 0.6) is 0 Å². The number of H-pyrrole nitrogens is 1. The lowest BCUT2D eigenvalue weighted by atomic mass is 10.5. The van der Waals surface area contributed by atoms with Crippen LogP contribution in [0.3, 0.4) is 0 Å². The first-order chi connectivity index (χ1) is 7.09. The van der Waals surface area contributed by atoms with Crippen LogP contribution in [-0.2, 0) is 0 Å². The third-order valence-corrected chi connectivity index (χ3v) is 1.80. The van der Waals surface area contributed by atoms with Crippen molar-refractivity contribution in [2.75, 3.05) is 39.5 Å². The van der Waals surface area contributed by atoms with Crippen LogP contribution in [0.25, 0.3) is 0 Å². The molecule has 1 aromatic rings. The van der Waals surface area contributed by atoms with Crippen LogP contribution in [0, 0.1) is 0 Å². The highest BCUT2D eigenvalue weighted by Crippen LogP contribution is 1.94. The van der Waals surface area contributed by atoms with Crippen molar-refractivity contribution < 1.29 is 4.79 Å². The summed E-state index contributed by atoms with van der Waals surface area (Å²) in [5, 5.41) is 15.2. The molecule has 0 spiro atoms. The van der Waals surface area contributed by atoms with E-state index in [1.807, 2.05) is 19.0 Å². The predicted octanol–water partition coefficient (Wildman–Crippen LogP) is -0.775. The molecule has 0 unspecified atom stereocenters. The van der Waals surface area contributed by atoms with Crippen molar-refractivity contribution in [2.45, 2.75) is 0 Å². The van der Waals surface area contributed by atoms with Crippen molar-refractivity contribution in [3.8, 4) is 0 Å². The van der Waals surface area contributed by atoms with E-state index in [0.717, 1.165) is 6.54 Å². The van der Waals surface area contributed by atoms with Crippen LogP contribution < -0.4 is 5.32 Å². The molecule has 15 heavy (non-hydrogen) atoms. The Morgan fingerprint density at radius 1 is 1.40 bits per heavy atom. The topological polar surface area (TPSA) is 90.0 Å². The number of amides is 2. The zero-order valence-corrected chi connectivity index (χ0v) is 9.06. The largest absolute Gasteiger partial charge is 0.326 e. The van der Waals surface area contributed by atoms with Crippen molar-refractivity contribution in [1.82, 2.24) is 30.4 Å². The molecule has 1 rings (SSSR count). The standard InChI is InChI=1S/C7H15N7O/c1-13(2)4-5-14(3)7(15)8-6-9-11-12-10-6/h4-5H2,1-3H3,(H2,8,9,10,11,12,15). The Morgan fingerprint density at radius 2 is 2.13 bits per heavy atom. The third kappa shape index (κ3) is 3.90. The highest BCUT2D eigenvalue weighted by atomic mass is 16.2. The summed E-state index contributed by atoms with van der Waals surface area (Å²) in [5.41, 5.74) is 0. The van der Waals surface area contributed by atoms with Crippen LogP contribution in [-0.4, -0.2) is 70.7 Å². The number of anilines is 1. The number of aromatic nitrogens is 4. The van der Waals surface area contributed by atoms with Gasteiger partial charge in [-0.25, -0.2) is 9.89 Å². The summed E-state index contributed by atoms with van der Waals surface area (Å²) < 4.78 is 0. The molecule has 8 heteroatoms. The summed E-state index contributed by atoms with van der Waals surface area (Å²) in [6, 6.07) is -0.240. The van der Waals surface area contributed by atoms with Crippen molar-refractivity contribution in [1.29, 1.82) is 0 Å². The van der Waals surface area contributed by atoms with Gasteiger partial charge in [0.1, 0.15) is 0 Å². The van der Waals surface area contributed by atoms with E-state index >= 15 is 0 Å². The van der Waals surface area contributed by atoms with Crippen molar-refractivity contribution in [2.24, 2.45) is 0 Å². The van der Waals surface area contributed by atoms with Crippen LogP contribution in [0.2, 0.25) is 0 Å². The third-order valence-electron chi connectivity index (χ3n) is 1.80. The molecule has 0 saturated heterocycles. The van der Waals surface area contributed by atoms with Crippen LogP contribution in [0.15, 0.2) is 0 Å². The van der Waals surface area contributed by atoms with Crippen LogP contribution in [0.1, 0.15) is 0 Å². The fraction of sp³-hybridized carbons (Fsp3) is 0.714. The number of nitrogens with zero attached hydrogens (tertiary/aromatic N) is 5. The van der Waals surface area contributed by atoms with E-state index < -0.39 is 0 Å². The quantitative estimate of drug-likeness (QED) is 0.685. The zero-order chi connectivity index (χ0) is 11.3. The minimum Gasteiger partial charge on any atom is -0.326 e. The second-order valence-corrected chi connectivity index (χ2v) is 3.40. The van der Waals surface area contributed by atoms with E-state index in [0.29, 0.717) is 6.54 Å². The molecule has 0 aliphatic carbocycles. The smallest absolute Gasteiger partial charge is 0.324 e. The second kappa shape index (κ2) is 5.25. The monoisotopic (exact) mass is 213 g/mol. The Bertz CT molecular complexity index is 296. The van der Waals surface area contributed by atoms with Gasteiger partial charge in [0, 0.05) is 20.1 Å². The van der Waals surface area contributed by atoms with E-state index in [9.17, 15) is 4.79 Å². The van der Waals surface area contributed by atoms with E-state index in [1.54, 1.807) is 11.9 Å². The number of hydrogen-bond acceptors (Lipinski definition) is 5. The molecule has 0 radical (unpaired) electrons. The number of urea groups is 1. The fourth-order valence-corrected chi connectivity index (χ4v) is 0.860. The Balaban J connectivity index is 2.33. The number of carbonyl (C=O) groups is 1. The van der Waals surface area contributed by atoms with Crippen molar-refractivity contribution in [3.05, 3.63) is 0 Å². The molecule has 0 aromatic carbocycles. The molecule has 0 aliphatic heterocycles. The molecule has 0 fully saturated rings. The van der Waals surface area contributed by atoms with E-state index in [1.165, 1.54) is 0 Å². The van der Waals surface area contributed by atoms with Gasteiger partial charge >= 0.3 is 6.03 Å². The van der Waals surface area contributed by atoms with Gasteiger partial charge in [-0.15, -0.1) is 0 Å². The molecule has 8 nitrogen and oxygen atoms in total. The maximum Gasteiger partial charge on any atom is 0.324 e. The molecule has 0 atom stereocenters. The molecule has 1 aromatic heterocycles. The summed E-state index contributed by atoms with van der Waals surface area (Å²) in [5.74, 6) is 0.247. The van der Waals surface area contributed by atoms with Crippen LogP contribution in [0.4, 0.5) is 10.7 Å². The highest BCUT2D eigenvalue weighted by Gasteiger charge is 2.10. The average Bonchev–Trinajstić information content (AvgIpc) is 2.66. The number of nitrogens with one attached hydrogen (secondary N) is 2. The van der Waals surface area contributed by atoms with Gasteiger partial charge in [-0.1, -0.05) is 5.10 Å². The van der Waals surface area contributed by atoms with E-state index in [4.69, 9.17) is 0 Å². The summed E-state index contributed by atoms with van der Waals surface area (Å²) in [4.78, 5) is 15.1. The molecule has 1 heterocycles. The second-order valence-electron chi connectivity index (χ2n) is 3.40. The molecule has 0 saturated carbocycles. The number of tetrazole rings is 1. The lowest BCUT2D eigenvalue weighted by Gasteiger charge is -2.19. The van der Waals surface area contributed by atoms with Crippen molar-refractivity contribution in [3.63, 3.8) is 0 Å². The lowest BCUT2D eigenvalue weighted by Crippen LogP contribution is -2.36. The van der Waals surface area contributed by atoms with Gasteiger partial charge in [0.15, 0.2) is 0 Å². The Labute approximate surface area is 87.6 Å². The number of aromatic amines is 1. The predicted molar refractivity (Wildman–Crippen MR) is 54.4 cm³/mol. The normalized spacial score (nSPS) is 10.4. The average molecular weight is 213 g/mol. The maximum absolute atomic E-state index is 11.5. The number of likely N-dealkylation sites (N-methyl/N-ethyl adjacent to an activating group) is 2. The fourth-order valence-electron chi connectivity index (χ4n) is 0.860. The van der Waals surface area contributed by atoms with Gasteiger partial charge < -0.3 is 9.80 Å². The number of rotatable bonds is 4. The maximum atomic E-state index is 11.5. The van der Waals surface area contributed by atoms with E-state index in [-0.39, 0.29) is 12.0 Å². The summed E-state index contributed by atoms with van der Waals surface area (Å²) in [6.45, 7) is 1.44. The number of hydrogen-bond donors (Lipinski definition) is 2. The van der Waals surface area contributed by atoms with Crippen molar-refractivity contribution >= 4 is 12.0 Å². The van der Waals surface area contributed by atoms with Gasteiger partial charge in [0.2, 0.25) is 5.95 Å². The molecule has 84 valence electrons. The minimum absolute atomic E-state index is 0.240. The lowest BCUT2D eigenvalue weighted by molar-refractivity contribution is 0.217. The van der Waals surface area contributed by atoms with E-state index in [2.05, 4.69) is 25.9 Å². The molecule has 0 aliphatic rings. The SMILES string of the molecule is CN(C)CCN(C)C(=O)Nc1nnn[nH]1.